The number of carbonyl (C=O) groups is 1. The highest BCUT2D eigenvalue weighted by Crippen LogP contribution is 2.19. The number of likely N-dealkylation sites (N-methyl/N-ethyl adjacent to an activating group) is 1. The van der Waals surface area contributed by atoms with Crippen molar-refractivity contribution in [3.63, 3.8) is 0 Å². The first-order chi connectivity index (χ1) is 10.0. The molecule has 0 amide bonds. The van der Waals surface area contributed by atoms with Crippen molar-refractivity contribution in [3.05, 3.63) is 17.0 Å². The second-order valence-corrected chi connectivity index (χ2v) is 5.62. The summed E-state index contributed by atoms with van der Waals surface area (Å²) in [6.45, 7) is 9.53. The van der Waals surface area contributed by atoms with Crippen LogP contribution in [0.5, 0.6) is 0 Å². The molecule has 0 spiro atoms. The molecule has 6 nitrogen and oxygen atoms in total. The van der Waals surface area contributed by atoms with E-state index in [0.29, 0.717) is 12.6 Å². The van der Waals surface area contributed by atoms with E-state index in [1.165, 1.54) is 12.0 Å². The minimum atomic E-state index is -0.230. The summed E-state index contributed by atoms with van der Waals surface area (Å²) in [5.74, 6) is -0.230. The molecule has 0 aliphatic carbocycles. The molecule has 1 aliphatic rings. The Hall–Kier alpha value is -1.40. The van der Waals surface area contributed by atoms with E-state index in [1.807, 2.05) is 27.8 Å². The lowest BCUT2D eigenvalue weighted by atomic mass is 10.2. The summed E-state index contributed by atoms with van der Waals surface area (Å²) in [4.78, 5) is 14.0. The van der Waals surface area contributed by atoms with Gasteiger partial charge in [-0.15, -0.1) is 0 Å². The number of carbonyl (C=O) groups excluding carboxylic acids is 1. The molecular formula is C15H26N4O2. The lowest BCUT2D eigenvalue weighted by Crippen LogP contribution is -2.29. The normalized spacial score (nSPS) is 19.1. The number of rotatable bonds is 6. The number of nitrogens with zero attached hydrogens (tertiary/aromatic N) is 3. The van der Waals surface area contributed by atoms with Crippen molar-refractivity contribution in [3.8, 4) is 0 Å². The molecule has 1 unspecified atom stereocenters. The second-order valence-electron chi connectivity index (χ2n) is 5.62. The molecule has 6 heteroatoms. The van der Waals surface area contributed by atoms with E-state index >= 15 is 0 Å². The van der Waals surface area contributed by atoms with E-state index in [1.54, 1.807) is 4.68 Å². The van der Waals surface area contributed by atoms with Crippen molar-refractivity contribution >= 4 is 5.97 Å². The summed E-state index contributed by atoms with van der Waals surface area (Å²) in [6, 6.07) is 0.584. The van der Waals surface area contributed by atoms with Crippen LogP contribution >= 0.6 is 0 Å². The van der Waals surface area contributed by atoms with Crippen LogP contribution in [-0.2, 0) is 22.6 Å². The average Bonchev–Trinajstić information content (AvgIpc) is 3.00. The van der Waals surface area contributed by atoms with Crippen molar-refractivity contribution in [2.24, 2.45) is 0 Å². The minimum absolute atomic E-state index is 0.194. The maximum Gasteiger partial charge on any atom is 0.327 e. The van der Waals surface area contributed by atoms with Gasteiger partial charge in [-0.05, 0) is 34.2 Å². The molecule has 1 saturated heterocycles. The third kappa shape index (κ3) is 3.83. The van der Waals surface area contributed by atoms with Gasteiger partial charge in [-0.1, -0.05) is 0 Å². The smallest absolute Gasteiger partial charge is 0.327 e. The zero-order valence-electron chi connectivity index (χ0n) is 13.5. The van der Waals surface area contributed by atoms with E-state index in [4.69, 9.17) is 4.74 Å². The Morgan fingerprint density at radius 1 is 1.48 bits per heavy atom. The molecule has 1 atom stereocenters. The van der Waals surface area contributed by atoms with Crippen LogP contribution in [0.3, 0.4) is 0 Å². The quantitative estimate of drug-likeness (QED) is 0.789. The van der Waals surface area contributed by atoms with Gasteiger partial charge in [0.1, 0.15) is 6.54 Å². The van der Waals surface area contributed by atoms with Gasteiger partial charge in [0.2, 0.25) is 0 Å². The monoisotopic (exact) mass is 294 g/mol. The first-order valence-electron chi connectivity index (χ1n) is 7.63. The third-order valence-corrected chi connectivity index (χ3v) is 4.18. The second kappa shape index (κ2) is 7.04. The Morgan fingerprint density at radius 2 is 2.24 bits per heavy atom. The summed E-state index contributed by atoms with van der Waals surface area (Å²) >= 11 is 0. The molecule has 1 aromatic rings. The fourth-order valence-electron chi connectivity index (χ4n) is 2.88. The van der Waals surface area contributed by atoms with Crippen LogP contribution in [0.1, 0.15) is 30.3 Å². The average molecular weight is 294 g/mol. The molecule has 0 saturated carbocycles. The van der Waals surface area contributed by atoms with Crippen LogP contribution in [0.2, 0.25) is 0 Å². The molecular weight excluding hydrogens is 268 g/mol. The fraction of sp³-hybridized carbons (Fsp3) is 0.733. The number of aromatic nitrogens is 2. The van der Waals surface area contributed by atoms with Gasteiger partial charge in [0.05, 0.1) is 12.3 Å². The number of aryl methyl sites for hydroxylation is 1. The molecule has 2 heterocycles. The molecule has 1 N–H and O–H groups in total. The molecule has 2 rings (SSSR count). The molecule has 1 fully saturated rings. The number of hydrogen-bond acceptors (Lipinski definition) is 5. The SMILES string of the molecule is CCOC(=O)Cn1nc(C)c(CN2CCC(NC)C2)c1C. The zero-order chi connectivity index (χ0) is 15.4. The minimum Gasteiger partial charge on any atom is -0.465 e. The fourth-order valence-corrected chi connectivity index (χ4v) is 2.88. The van der Waals surface area contributed by atoms with Gasteiger partial charge in [0, 0.05) is 36.9 Å². The number of hydrogen-bond donors (Lipinski definition) is 1. The standard InChI is InChI=1S/C15H26N4O2/c1-5-21-15(20)10-19-12(3)14(11(2)17-19)9-18-7-6-13(8-18)16-4/h13,16H,5-10H2,1-4H3. The maximum absolute atomic E-state index is 11.6. The van der Waals surface area contributed by atoms with Gasteiger partial charge in [-0.25, -0.2) is 0 Å². The largest absolute Gasteiger partial charge is 0.465 e. The van der Waals surface area contributed by atoms with Crippen molar-refractivity contribution in [1.29, 1.82) is 0 Å². The zero-order valence-corrected chi connectivity index (χ0v) is 13.5. The summed E-state index contributed by atoms with van der Waals surface area (Å²) < 4.78 is 6.75. The highest BCUT2D eigenvalue weighted by atomic mass is 16.5. The summed E-state index contributed by atoms with van der Waals surface area (Å²) in [6.07, 6.45) is 1.19. The van der Waals surface area contributed by atoms with Gasteiger partial charge >= 0.3 is 5.97 Å². The van der Waals surface area contributed by atoms with Crippen molar-refractivity contribution in [2.45, 2.75) is 46.3 Å². The lowest BCUT2D eigenvalue weighted by molar-refractivity contribution is -0.144. The molecule has 1 aliphatic heterocycles. The first kappa shape index (κ1) is 16.0. The number of nitrogens with one attached hydrogen (secondary N) is 1. The highest BCUT2D eigenvalue weighted by Gasteiger charge is 2.23. The molecule has 21 heavy (non-hydrogen) atoms. The van der Waals surface area contributed by atoms with Crippen LogP contribution in [0.25, 0.3) is 0 Å². The van der Waals surface area contributed by atoms with Gasteiger partial charge in [0.15, 0.2) is 0 Å². The Balaban J connectivity index is 2.03. The van der Waals surface area contributed by atoms with E-state index in [2.05, 4.69) is 15.3 Å². The maximum atomic E-state index is 11.6. The molecule has 0 aromatic carbocycles. The summed E-state index contributed by atoms with van der Waals surface area (Å²) in [5, 5.41) is 7.82. The summed E-state index contributed by atoms with van der Waals surface area (Å²) in [7, 11) is 2.02. The first-order valence-corrected chi connectivity index (χ1v) is 7.63. The van der Waals surface area contributed by atoms with E-state index < -0.39 is 0 Å². The molecule has 0 radical (unpaired) electrons. The van der Waals surface area contributed by atoms with Crippen LogP contribution in [0, 0.1) is 13.8 Å². The van der Waals surface area contributed by atoms with Gasteiger partial charge in [-0.3, -0.25) is 14.4 Å². The Labute approximate surface area is 126 Å². The molecule has 0 bridgehead atoms. The van der Waals surface area contributed by atoms with Crippen LogP contribution in [0.4, 0.5) is 0 Å². The number of esters is 1. The number of likely N-dealkylation sites (tertiary alicyclic amines) is 1. The van der Waals surface area contributed by atoms with Gasteiger partial charge < -0.3 is 10.1 Å². The van der Waals surface area contributed by atoms with E-state index in [-0.39, 0.29) is 12.5 Å². The number of ether oxygens (including phenoxy) is 1. The van der Waals surface area contributed by atoms with Gasteiger partial charge in [-0.2, -0.15) is 5.10 Å². The van der Waals surface area contributed by atoms with Gasteiger partial charge in [0.25, 0.3) is 0 Å². The van der Waals surface area contributed by atoms with Crippen LogP contribution < -0.4 is 5.32 Å². The van der Waals surface area contributed by atoms with E-state index in [0.717, 1.165) is 31.0 Å². The summed E-state index contributed by atoms with van der Waals surface area (Å²) in [5.41, 5.74) is 3.30. The Kier molecular flexibility index (Phi) is 5.36. The van der Waals surface area contributed by atoms with Crippen LogP contribution in [0.15, 0.2) is 0 Å². The third-order valence-electron chi connectivity index (χ3n) is 4.18. The Morgan fingerprint density at radius 3 is 2.86 bits per heavy atom. The highest BCUT2D eigenvalue weighted by molar-refractivity contribution is 5.69. The topological polar surface area (TPSA) is 59.4 Å². The molecule has 1 aromatic heterocycles. The Bertz CT molecular complexity index is 498. The predicted molar refractivity (Wildman–Crippen MR) is 81.1 cm³/mol. The van der Waals surface area contributed by atoms with Crippen molar-refractivity contribution in [2.75, 3.05) is 26.7 Å². The van der Waals surface area contributed by atoms with Crippen molar-refractivity contribution < 1.29 is 9.53 Å². The van der Waals surface area contributed by atoms with E-state index in [9.17, 15) is 4.79 Å². The van der Waals surface area contributed by atoms with Crippen LogP contribution in [-0.4, -0.2) is 53.4 Å². The molecule has 118 valence electrons. The lowest BCUT2D eigenvalue weighted by Gasteiger charge is -2.16. The van der Waals surface area contributed by atoms with Crippen molar-refractivity contribution in [1.82, 2.24) is 20.0 Å². The predicted octanol–water partition coefficient (Wildman–Crippen LogP) is 0.857.